The Kier molecular flexibility index (Phi) is 3.21. The summed E-state index contributed by atoms with van der Waals surface area (Å²) in [5.41, 5.74) is -0.243. The second-order valence-corrected chi connectivity index (χ2v) is 6.38. The lowest BCUT2D eigenvalue weighted by molar-refractivity contribution is 0.0755. The number of nitrogens with one attached hydrogen (secondary N) is 1. The monoisotopic (exact) mass is 280 g/mol. The largest absolute Gasteiger partial charge is 0.386 e. The Morgan fingerprint density at radius 3 is 2.37 bits per heavy atom. The molecule has 0 amide bonds. The lowest BCUT2D eigenvalue weighted by Gasteiger charge is -2.16. The van der Waals surface area contributed by atoms with Gasteiger partial charge in [0.05, 0.1) is 11.3 Å². The van der Waals surface area contributed by atoms with Gasteiger partial charge in [0, 0.05) is 11.8 Å². The average Bonchev–Trinajstić information content (AvgIpc) is 2.74. The molecule has 0 bridgehead atoms. The van der Waals surface area contributed by atoms with E-state index in [1.165, 1.54) is 18.5 Å². The summed E-state index contributed by atoms with van der Waals surface area (Å²) in [6, 6.07) is 9.16. The van der Waals surface area contributed by atoms with Crippen LogP contribution in [0.1, 0.15) is 19.4 Å². The van der Waals surface area contributed by atoms with Crippen molar-refractivity contribution in [2.24, 2.45) is 5.14 Å². The molecule has 1 aromatic heterocycles. The third kappa shape index (κ3) is 2.83. The number of benzene rings is 1. The summed E-state index contributed by atoms with van der Waals surface area (Å²) >= 11 is 0. The van der Waals surface area contributed by atoms with Crippen LogP contribution in [0.15, 0.2) is 41.6 Å². The first-order valence-corrected chi connectivity index (χ1v) is 7.26. The maximum atomic E-state index is 11.8. The van der Waals surface area contributed by atoms with Gasteiger partial charge in [0.25, 0.3) is 0 Å². The number of aliphatic hydroxyl groups is 1. The van der Waals surface area contributed by atoms with E-state index < -0.39 is 15.5 Å². The topological polar surface area (TPSA) is 105 Å². The molecule has 1 aromatic carbocycles. The normalized spacial score (nSPS) is 15.2. The van der Waals surface area contributed by atoms with Crippen molar-refractivity contribution in [2.45, 2.75) is 24.5 Å². The van der Waals surface area contributed by atoms with Gasteiger partial charge < -0.3 is 5.11 Å². The smallest absolute Gasteiger partial charge is 0.178 e. The molecule has 0 radical (unpaired) electrons. The quantitative estimate of drug-likeness (QED) is 0.790. The van der Waals surface area contributed by atoms with Gasteiger partial charge in [-0.15, -0.1) is 0 Å². The Bertz CT molecular complexity index is 684. The van der Waals surface area contributed by atoms with E-state index in [-0.39, 0.29) is 5.03 Å². The molecule has 0 fully saturated rings. The van der Waals surface area contributed by atoms with Crippen LogP contribution in [0.5, 0.6) is 0 Å². The predicted molar refractivity (Wildman–Crippen MR) is 72.1 cm³/mol. The van der Waals surface area contributed by atoms with E-state index in [1.54, 1.807) is 6.20 Å². The fraction of sp³-hybridized carbons (Fsp3) is 0.250. The molecule has 1 unspecified atom stereocenters. The number of nitrogens with zero attached hydrogens (tertiary/aromatic N) is 2. The summed E-state index contributed by atoms with van der Waals surface area (Å²) in [6.45, 7) is 3.07. The van der Waals surface area contributed by atoms with Crippen molar-refractivity contribution in [3.05, 3.63) is 42.1 Å². The zero-order chi connectivity index (χ0) is 14.3. The molecule has 0 aliphatic heterocycles. The van der Waals surface area contributed by atoms with Crippen LogP contribution in [0.25, 0.3) is 5.69 Å². The molecule has 102 valence electrons. The number of nitrogens with two attached hydrogens (primary N) is 1. The molecule has 1 atom stereocenters. The zero-order valence-electron chi connectivity index (χ0n) is 10.7. The van der Waals surface area contributed by atoms with Crippen LogP contribution >= 0.6 is 0 Å². The highest BCUT2D eigenvalue weighted by molar-refractivity contribution is 7.90. The number of hydrogen-bond donors (Lipinski definition) is 3. The molecule has 0 spiro atoms. The van der Waals surface area contributed by atoms with Crippen LogP contribution in [0, 0.1) is 4.78 Å². The number of para-hydroxylation sites is 1. The van der Waals surface area contributed by atoms with Crippen molar-refractivity contribution >= 4 is 9.92 Å². The lowest BCUT2D eigenvalue weighted by Crippen LogP contribution is -2.21. The van der Waals surface area contributed by atoms with Crippen molar-refractivity contribution in [2.75, 3.05) is 0 Å². The third-order valence-electron chi connectivity index (χ3n) is 2.65. The zero-order valence-corrected chi connectivity index (χ0v) is 11.5. The van der Waals surface area contributed by atoms with Crippen LogP contribution < -0.4 is 5.14 Å². The SMILES string of the molecule is CC(C)(O)c1cn(-c2ccccc2)nc1S(=N)(N)=O. The maximum Gasteiger partial charge on any atom is 0.178 e. The molecule has 1 heterocycles. The minimum Gasteiger partial charge on any atom is -0.386 e. The van der Waals surface area contributed by atoms with E-state index in [1.807, 2.05) is 30.3 Å². The molecule has 0 saturated carbocycles. The van der Waals surface area contributed by atoms with Crippen molar-refractivity contribution in [3.8, 4) is 5.69 Å². The van der Waals surface area contributed by atoms with Gasteiger partial charge in [0.2, 0.25) is 0 Å². The van der Waals surface area contributed by atoms with E-state index >= 15 is 0 Å². The molecule has 6 nitrogen and oxygen atoms in total. The standard InChI is InChI=1S/C12H16N4O2S/c1-12(2,17)10-8-16(9-6-4-3-5-7-9)15-11(10)19(13,14)18/h3-8,17H,1-2H3,(H3,13,14,18). The van der Waals surface area contributed by atoms with Crippen LogP contribution in [0.3, 0.4) is 0 Å². The Morgan fingerprint density at radius 2 is 1.95 bits per heavy atom. The molecule has 2 rings (SSSR count). The minimum absolute atomic E-state index is 0.0937. The first-order valence-electron chi connectivity index (χ1n) is 5.64. The summed E-state index contributed by atoms with van der Waals surface area (Å²) in [5.74, 6) is 0. The summed E-state index contributed by atoms with van der Waals surface area (Å²) in [7, 11) is -3.50. The molecule has 7 heteroatoms. The van der Waals surface area contributed by atoms with Crippen LogP contribution in [0.2, 0.25) is 0 Å². The lowest BCUT2D eigenvalue weighted by atomic mass is 10.0. The van der Waals surface area contributed by atoms with Crippen molar-refractivity contribution in [1.29, 1.82) is 4.78 Å². The van der Waals surface area contributed by atoms with Gasteiger partial charge in [-0.2, -0.15) is 5.10 Å². The molecule has 0 saturated heterocycles. The second kappa shape index (κ2) is 4.44. The Morgan fingerprint density at radius 1 is 1.37 bits per heavy atom. The van der Waals surface area contributed by atoms with E-state index in [9.17, 15) is 9.32 Å². The van der Waals surface area contributed by atoms with Crippen molar-refractivity contribution in [1.82, 2.24) is 9.78 Å². The minimum atomic E-state index is -3.50. The first-order chi connectivity index (χ1) is 8.69. The van der Waals surface area contributed by atoms with Gasteiger partial charge >= 0.3 is 0 Å². The van der Waals surface area contributed by atoms with Gasteiger partial charge in [-0.05, 0) is 26.0 Å². The van der Waals surface area contributed by atoms with Crippen molar-refractivity contribution < 1.29 is 9.32 Å². The highest BCUT2D eigenvalue weighted by Gasteiger charge is 2.28. The number of hydrogen-bond acceptors (Lipinski definition) is 4. The number of rotatable bonds is 3. The fourth-order valence-electron chi connectivity index (χ4n) is 1.71. The molecular weight excluding hydrogens is 264 g/mol. The fourth-order valence-corrected chi connectivity index (χ4v) is 2.55. The van der Waals surface area contributed by atoms with Crippen LogP contribution in [-0.4, -0.2) is 19.1 Å². The highest BCUT2D eigenvalue weighted by Crippen LogP contribution is 2.26. The van der Waals surface area contributed by atoms with Crippen LogP contribution in [-0.2, 0) is 15.5 Å². The first kappa shape index (κ1) is 13.7. The molecule has 2 aromatic rings. The summed E-state index contributed by atoms with van der Waals surface area (Å²) in [5, 5.41) is 19.4. The number of aromatic nitrogens is 2. The highest BCUT2D eigenvalue weighted by atomic mass is 32.2. The van der Waals surface area contributed by atoms with E-state index in [2.05, 4.69) is 5.10 Å². The second-order valence-electron chi connectivity index (χ2n) is 4.79. The maximum absolute atomic E-state index is 11.8. The van der Waals surface area contributed by atoms with Gasteiger partial charge in [-0.3, -0.25) is 0 Å². The summed E-state index contributed by atoms with van der Waals surface area (Å²) in [4.78, 5) is 0. The molecule has 4 N–H and O–H groups in total. The van der Waals surface area contributed by atoms with E-state index in [0.717, 1.165) is 5.69 Å². The molecule has 0 aliphatic carbocycles. The van der Waals surface area contributed by atoms with Gasteiger partial charge in [-0.25, -0.2) is 18.8 Å². The Hall–Kier alpha value is -1.70. The van der Waals surface area contributed by atoms with Crippen LogP contribution in [0.4, 0.5) is 0 Å². The van der Waals surface area contributed by atoms with Crippen molar-refractivity contribution in [3.63, 3.8) is 0 Å². The molecule has 19 heavy (non-hydrogen) atoms. The van der Waals surface area contributed by atoms with E-state index in [4.69, 9.17) is 9.92 Å². The van der Waals surface area contributed by atoms with Gasteiger partial charge in [0.1, 0.15) is 0 Å². The summed E-state index contributed by atoms with van der Waals surface area (Å²) in [6.07, 6.45) is 1.55. The third-order valence-corrected chi connectivity index (χ3v) is 3.52. The van der Waals surface area contributed by atoms with E-state index in [0.29, 0.717) is 5.56 Å². The molecule has 0 aliphatic rings. The van der Waals surface area contributed by atoms with Gasteiger partial charge in [-0.1, -0.05) is 18.2 Å². The van der Waals surface area contributed by atoms with Gasteiger partial charge in [0.15, 0.2) is 14.9 Å². The Labute approximate surface area is 112 Å². The molecular formula is C12H16N4O2S. The summed E-state index contributed by atoms with van der Waals surface area (Å²) < 4.78 is 20.7. The predicted octanol–water partition coefficient (Wildman–Crippen LogP) is 1.38. The Balaban J connectivity index is 2.66. The average molecular weight is 280 g/mol.